The fourth-order valence-corrected chi connectivity index (χ4v) is 8.92. The minimum Gasteiger partial charge on any atom is -0.490 e. The van der Waals surface area contributed by atoms with Gasteiger partial charge >= 0.3 is 6.16 Å². The van der Waals surface area contributed by atoms with Crippen molar-refractivity contribution < 1.29 is 37.0 Å². The lowest BCUT2D eigenvalue weighted by atomic mass is 9.68. The third kappa shape index (κ3) is 6.95. The number of halogens is 1. The number of benzene rings is 3. The zero-order valence-electron chi connectivity index (χ0n) is 28.1. The Bertz CT molecular complexity index is 1920. The fourth-order valence-electron chi connectivity index (χ4n) is 7.60. The SMILES string of the molecule is CC1(C)OC/C=C/[C@H](OC(=O)Oc2ccccc2)[C@@H]2CC[C@H]2CN2C[C@@]3(CCCc4cc(Cl)ccc43)COc3ccc(cc32)S(=O)(=O)NC1=O. The molecule has 1 amide bonds. The number of carbonyl (C=O) groups excluding carboxylic acids is 2. The predicted octanol–water partition coefficient (Wildman–Crippen LogP) is 6.59. The Labute approximate surface area is 297 Å². The van der Waals surface area contributed by atoms with Gasteiger partial charge in [-0.1, -0.05) is 41.9 Å². The lowest BCUT2D eigenvalue weighted by Crippen LogP contribution is -2.50. The van der Waals surface area contributed by atoms with Crippen LogP contribution in [0.3, 0.4) is 0 Å². The first-order valence-corrected chi connectivity index (χ1v) is 18.9. The number of fused-ring (bicyclic) bond motifs is 4. The molecular weight excluding hydrogens is 680 g/mol. The zero-order valence-corrected chi connectivity index (χ0v) is 29.7. The van der Waals surface area contributed by atoms with Crippen LogP contribution in [0.25, 0.3) is 0 Å². The van der Waals surface area contributed by atoms with Crippen LogP contribution in [0.1, 0.15) is 50.7 Å². The number of hydrogen-bond donors (Lipinski definition) is 1. The molecule has 10 nitrogen and oxygen atoms in total. The van der Waals surface area contributed by atoms with Crippen LogP contribution in [-0.4, -0.2) is 58.5 Å². The van der Waals surface area contributed by atoms with Crippen LogP contribution in [0.15, 0.2) is 83.8 Å². The molecule has 1 N–H and O–H groups in total. The van der Waals surface area contributed by atoms with Crippen LogP contribution in [0.5, 0.6) is 11.5 Å². The number of nitrogens with one attached hydrogen (secondary N) is 1. The van der Waals surface area contributed by atoms with Gasteiger partial charge in [0, 0.05) is 29.4 Å². The summed E-state index contributed by atoms with van der Waals surface area (Å²) in [7, 11) is -4.25. The maximum atomic E-state index is 13.6. The molecule has 2 aliphatic carbocycles. The molecule has 4 aliphatic rings. The summed E-state index contributed by atoms with van der Waals surface area (Å²) in [6.07, 6.45) is 6.50. The standard InChI is InChI=1S/C38H41ClN2O8S/c1-37(2)35(42)40-50(44,45)29-14-17-34-32(21-29)41(23-38(24-46-34)18-6-8-25-20-27(39)13-16-31(25)38)22-26-12-15-30(26)33(11-7-19-47-37)49-36(43)48-28-9-4-3-5-10-28/h3-5,7,9-11,13-14,16-17,20-21,26,30,33H,6,8,12,15,18-19,22-24H2,1-2H3,(H,40,42)/b11-7+/t26-,30+,33-,38-/m0/s1. The van der Waals surface area contributed by atoms with Crippen molar-refractivity contribution in [2.45, 2.75) is 68.0 Å². The van der Waals surface area contributed by atoms with Gasteiger partial charge in [-0.25, -0.2) is 17.9 Å². The number of sulfonamides is 1. The second kappa shape index (κ2) is 13.6. The first kappa shape index (κ1) is 34.4. The summed E-state index contributed by atoms with van der Waals surface area (Å²) in [5.41, 5.74) is 1.15. The van der Waals surface area contributed by atoms with Gasteiger partial charge in [0.2, 0.25) is 0 Å². The molecule has 7 rings (SSSR count). The molecule has 264 valence electrons. The van der Waals surface area contributed by atoms with Crippen molar-refractivity contribution in [2.24, 2.45) is 11.8 Å². The molecule has 0 radical (unpaired) electrons. The van der Waals surface area contributed by atoms with E-state index in [1.807, 2.05) is 18.2 Å². The molecular formula is C38H41ClN2O8S. The van der Waals surface area contributed by atoms with E-state index in [-0.39, 0.29) is 28.8 Å². The second-order valence-corrected chi connectivity index (χ2v) is 16.3. The summed E-state index contributed by atoms with van der Waals surface area (Å²) in [5, 5.41) is 0.691. The molecule has 2 heterocycles. The topological polar surface area (TPSA) is 120 Å². The van der Waals surface area contributed by atoms with Gasteiger partial charge in [0.25, 0.3) is 15.9 Å². The Morgan fingerprint density at radius 3 is 2.66 bits per heavy atom. The summed E-state index contributed by atoms with van der Waals surface area (Å²) in [6.45, 7) is 4.54. The second-order valence-electron chi connectivity index (χ2n) is 14.2. The summed E-state index contributed by atoms with van der Waals surface area (Å²) in [5.74, 6) is 0.174. The van der Waals surface area contributed by atoms with Gasteiger partial charge in [-0.05, 0) is 112 Å². The highest BCUT2D eigenvalue weighted by Crippen LogP contribution is 2.47. The van der Waals surface area contributed by atoms with Crippen molar-refractivity contribution in [3.63, 3.8) is 0 Å². The summed E-state index contributed by atoms with van der Waals surface area (Å²) >= 11 is 6.43. The highest BCUT2D eigenvalue weighted by Gasteiger charge is 2.45. The molecule has 4 atom stereocenters. The number of para-hydroxylation sites is 1. The molecule has 1 spiro atoms. The van der Waals surface area contributed by atoms with Gasteiger partial charge in [-0.2, -0.15) is 0 Å². The maximum Gasteiger partial charge on any atom is 0.514 e. The van der Waals surface area contributed by atoms with Gasteiger partial charge in [-0.15, -0.1) is 0 Å². The molecule has 12 heteroatoms. The number of amides is 1. The molecule has 3 aromatic carbocycles. The highest BCUT2D eigenvalue weighted by atomic mass is 35.5. The lowest BCUT2D eigenvalue weighted by molar-refractivity contribution is -0.139. The van der Waals surface area contributed by atoms with Crippen molar-refractivity contribution in [2.75, 3.05) is 31.2 Å². The first-order valence-electron chi connectivity index (χ1n) is 17.0. The quantitative estimate of drug-likeness (QED) is 0.178. The molecule has 3 aromatic rings. The molecule has 2 bridgehead atoms. The molecule has 0 unspecified atom stereocenters. The van der Waals surface area contributed by atoms with Crippen LogP contribution >= 0.6 is 11.6 Å². The van der Waals surface area contributed by atoms with Crippen molar-refractivity contribution in [3.05, 3.63) is 95.0 Å². The van der Waals surface area contributed by atoms with E-state index in [0.29, 0.717) is 41.9 Å². The lowest BCUT2D eigenvalue weighted by Gasteiger charge is -2.45. The third-order valence-corrected chi connectivity index (χ3v) is 12.1. The predicted molar refractivity (Wildman–Crippen MR) is 188 cm³/mol. The van der Waals surface area contributed by atoms with E-state index in [2.05, 4.69) is 15.7 Å². The summed E-state index contributed by atoms with van der Waals surface area (Å²) in [6, 6.07) is 19.5. The Balaban J connectivity index is 1.27. The Morgan fingerprint density at radius 1 is 1.06 bits per heavy atom. The minimum absolute atomic E-state index is 0.0142. The van der Waals surface area contributed by atoms with Gasteiger partial charge in [-0.3, -0.25) is 4.79 Å². The Kier molecular flexibility index (Phi) is 9.34. The number of nitrogens with zero attached hydrogens (tertiary/aromatic N) is 1. The maximum absolute atomic E-state index is 13.6. The van der Waals surface area contributed by atoms with Crippen LogP contribution in [-0.2, 0) is 36.1 Å². The zero-order chi connectivity index (χ0) is 35.1. The van der Waals surface area contributed by atoms with Gasteiger partial charge in [0.05, 0.1) is 23.8 Å². The Morgan fingerprint density at radius 2 is 1.88 bits per heavy atom. The van der Waals surface area contributed by atoms with Crippen molar-refractivity contribution in [3.8, 4) is 11.5 Å². The van der Waals surface area contributed by atoms with Gasteiger partial charge in [0.15, 0.2) is 0 Å². The average Bonchev–Trinajstić information content (AvgIpc) is 3.21. The number of ether oxygens (including phenoxy) is 4. The normalized spacial score (nSPS) is 27.6. The van der Waals surface area contributed by atoms with Crippen LogP contribution in [0, 0.1) is 11.8 Å². The largest absolute Gasteiger partial charge is 0.514 e. The molecule has 2 aliphatic heterocycles. The van der Waals surface area contributed by atoms with Gasteiger partial charge < -0.3 is 23.8 Å². The number of carbonyl (C=O) groups is 2. The van der Waals surface area contributed by atoms with E-state index in [1.54, 1.807) is 48.6 Å². The van der Waals surface area contributed by atoms with Crippen LogP contribution in [0.4, 0.5) is 10.5 Å². The number of anilines is 1. The van der Waals surface area contributed by atoms with E-state index in [1.165, 1.54) is 31.0 Å². The molecule has 1 saturated carbocycles. The van der Waals surface area contributed by atoms with E-state index in [9.17, 15) is 18.0 Å². The minimum atomic E-state index is -4.25. The monoisotopic (exact) mass is 720 g/mol. The molecule has 0 saturated heterocycles. The van der Waals surface area contributed by atoms with E-state index in [0.717, 1.165) is 32.1 Å². The molecule has 0 aromatic heterocycles. The fraction of sp³-hybridized carbons (Fsp3) is 0.421. The Hall–Kier alpha value is -4.06. The van der Waals surface area contributed by atoms with E-state index in [4.69, 9.17) is 30.5 Å². The smallest absolute Gasteiger partial charge is 0.490 e. The van der Waals surface area contributed by atoms with Crippen LogP contribution in [0.2, 0.25) is 5.02 Å². The average molecular weight is 721 g/mol. The van der Waals surface area contributed by atoms with Gasteiger partial charge in [0.1, 0.15) is 23.2 Å². The van der Waals surface area contributed by atoms with E-state index < -0.39 is 33.8 Å². The number of aryl methyl sites for hydroxylation is 1. The first-order chi connectivity index (χ1) is 23.9. The molecule has 50 heavy (non-hydrogen) atoms. The number of rotatable bonds is 2. The third-order valence-electron chi connectivity index (χ3n) is 10.5. The summed E-state index contributed by atoms with van der Waals surface area (Å²) < 4.78 is 53.3. The van der Waals surface area contributed by atoms with Crippen molar-refractivity contribution in [1.82, 2.24) is 4.72 Å². The highest BCUT2D eigenvalue weighted by molar-refractivity contribution is 7.90. The van der Waals surface area contributed by atoms with E-state index >= 15 is 0 Å². The van der Waals surface area contributed by atoms with Crippen molar-refractivity contribution >= 4 is 39.4 Å². The molecule has 1 fully saturated rings. The summed E-state index contributed by atoms with van der Waals surface area (Å²) in [4.78, 5) is 28.5. The van der Waals surface area contributed by atoms with Crippen molar-refractivity contribution in [1.29, 1.82) is 0 Å². The number of hydrogen-bond acceptors (Lipinski definition) is 9. The van der Waals surface area contributed by atoms with Crippen LogP contribution < -0.4 is 19.1 Å².